The van der Waals surface area contributed by atoms with Crippen LogP contribution in [0.15, 0.2) is 70.4 Å². The predicted molar refractivity (Wildman–Crippen MR) is 119 cm³/mol. The van der Waals surface area contributed by atoms with Crippen molar-refractivity contribution in [2.45, 2.75) is 19.4 Å². The van der Waals surface area contributed by atoms with Crippen molar-refractivity contribution in [3.63, 3.8) is 0 Å². The Balaban J connectivity index is 1.56. The van der Waals surface area contributed by atoms with Crippen LogP contribution in [0.2, 0.25) is 5.02 Å². The van der Waals surface area contributed by atoms with E-state index < -0.39 is 6.04 Å². The summed E-state index contributed by atoms with van der Waals surface area (Å²) >= 11 is 5.98. The monoisotopic (exact) mass is 452 g/mol. The summed E-state index contributed by atoms with van der Waals surface area (Å²) in [5.41, 5.74) is 1.95. The third-order valence-corrected chi connectivity index (χ3v) is 5.37. The molecule has 0 saturated heterocycles. The van der Waals surface area contributed by atoms with E-state index in [9.17, 15) is 9.59 Å². The number of hydrazone groups is 1. The highest BCUT2D eigenvalue weighted by molar-refractivity contribution is 6.31. The number of hydrogen-bond acceptors (Lipinski definition) is 6. The minimum atomic E-state index is -0.393. The Labute approximate surface area is 190 Å². The predicted octanol–water partition coefficient (Wildman–Crippen LogP) is 4.90. The number of Topliss-reactive ketones (excluding diaryl/α,β-unsaturated/α-hetero) is 1. The van der Waals surface area contributed by atoms with Crippen LogP contribution in [0.1, 0.15) is 41.1 Å². The second-order valence-electron chi connectivity index (χ2n) is 7.23. The lowest BCUT2D eigenvalue weighted by Gasteiger charge is -2.20. The van der Waals surface area contributed by atoms with E-state index in [2.05, 4.69) is 5.10 Å². The van der Waals surface area contributed by atoms with Crippen LogP contribution < -0.4 is 9.47 Å². The van der Waals surface area contributed by atoms with Gasteiger partial charge in [-0.25, -0.2) is 5.01 Å². The molecular formula is C24H21ClN2O5. The van der Waals surface area contributed by atoms with Crippen molar-refractivity contribution < 1.29 is 23.5 Å². The molecule has 164 valence electrons. The van der Waals surface area contributed by atoms with E-state index in [-0.39, 0.29) is 18.3 Å². The number of halogens is 1. The Morgan fingerprint density at radius 2 is 1.97 bits per heavy atom. The smallest absolute Gasteiger partial charge is 0.281 e. The van der Waals surface area contributed by atoms with Crippen molar-refractivity contribution in [2.75, 3.05) is 13.7 Å². The van der Waals surface area contributed by atoms with E-state index >= 15 is 0 Å². The number of ether oxygens (including phenoxy) is 2. The maximum atomic E-state index is 13.1. The number of ketones is 1. The zero-order valence-corrected chi connectivity index (χ0v) is 18.3. The van der Waals surface area contributed by atoms with E-state index in [1.165, 1.54) is 18.0 Å². The molecule has 3 aromatic rings. The number of rotatable bonds is 7. The Bertz CT molecular complexity index is 1160. The Hall–Kier alpha value is -3.58. The van der Waals surface area contributed by atoms with Crippen LogP contribution >= 0.6 is 11.6 Å². The number of methoxy groups -OCH3 is 1. The zero-order valence-electron chi connectivity index (χ0n) is 17.6. The number of hydrogen-bond donors (Lipinski definition) is 0. The van der Waals surface area contributed by atoms with Crippen LogP contribution in [-0.2, 0) is 4.79 Å². The Morgan fingerprint density at radius 1 is 1.19 bits per heavy atom. The molecule has 0 bridgehead atoms. The van der Waals surface area contributed by atoms with Gasteiger partial charge in [-0.15, -0.1) is 0 Å². The first kappa shape index (κ1) is 21.6. The van der Waals surface area contributed by atoms with Crippen molar-refractivity contribution >= 4 is 29.0 Å². The van der Waals surface area contributed by atoms with Crippen molar-refractivity contribution in [2.24, 2.45) is 5.10 Å². The maximum Gasteiger partial charge on any atom is 0.281 e. The van der Waals surface area contributed by atoms with Gasteiger partial charge in [0.1, 0.15) is 23.3 Å². The molecule has 0 spiro atoms. The van der Waals surface area contributed by atoms with E-state index in [0.717, 1.165) is 17.0 Å². The fourth-order valence-electron chi connectivity index (χ4n) is 3.51. The van der Waals surface area contributed by atoms with Gasteiger partial charge in [-0.05, 0) is 67.1 Å². The lowest BCUT2D eigenvalue weighted by molar-refractivity contribution is -0.135. The van der Waals surface area contributed by atoms with Gasteiger partial charge in [0.2, 0.25) is 0 Å². The van der Waals surface area contributed by atoms with Gasteiger partial charge in [0, 0.05) is 11.4 Å². The summed E-state index contributed by atoms with van der Waals surface area (Å²) < 4.78 is 16.4. The van der Waals surface area contributed by atoms with Crippen LogP contribution in [0.4, 0.5) is 0 Å². The van der Waals surface area contributed by atoms with E-state index in [4.69, 9.17) is 25.5 Å². The number of benzene rings is 2. The molecule has 2 aromatic carbocycles. The number of carbonyl (C=O) groups is 2. The molecule has 32 heavy (non-hydrogen) atoms. The molecule has 7 nitrogen and oxygen atoms in total. The van der Waals surface area contributed by atoms with Gasteiger partial charge >= 0.3 is 0 Å². The fourth-order valence-corrected chi connectivity index (χ4v) is 3.68. The van der Waals surface area contributed by atoms with Gasteiger partial charge in [-0.2, -0.15) is 5.10 Å². The van der Waals surface area contributed by atoms with Gasteiger partial charge in [-0.1, -0.05) is 11.6 Å². The van der Waals surface area contributed by atoms with Gasteiger partial charge in [0.05, 0.1) is 24.6 Å². The normalized spacial score (nSPS) is 15.4. The summed E-state index contributed by atoms with van der Waals surface area (Å²) in [7, 11) is 1.60. The number of furan rings is 1. The Morgan fingerprint density at radius 3 is 2.62 bits per heavy atom. The topological polar surface area (TPSA) is 81.3 Å². The summed E-state index contributed by atoms with van der Waals surface area (Å²) in [5, 5.41) is 6.36. The molecule has 1 aliphatic heterocycles. The molecule has 1 amide bonds. The molecule has 1 atom stereocenters. The largest absolute Gasteiger partial charge is 0.497 e. The molecule has 8 heteroatoms. The van der Waals surface area contributed by atoms with Crippen LogP contribution in [-0.4, -0.2) is 36.1 Å². The summed E-state index contributed by atoms with van der Waals surface area (Å²) in [5.74, 6) is 1.09. The van der Waals surface area contributed by atoms with Crippen molar-refractivity contribution in [1.82, 2.24) is 5.01 Å². The van der Waals surface area contributed by atoms with Gasteiger partial charge in [0.15, 0.2) is 12.4 Å². The van der Waals surface area contributed by atoms with E-state index in [1.54, 1.807) is 31.6 Å². The first-order valence-electron chi connectivity index (χ1n) is 9.97. The number of carbonyl (C=O) groups excluding carboxylic acids is 2. The summed E-state index contributed by atoms with van der Waals surface area (Å²) in [6.07, 6.45) is 2.05. The summed E-state index contributed by atoms with van der Waals surface area (Å²) in [6, 6.07) is 15.4. The van der Waals surface area contributed by atoms with Crippen LogP contribution in [0.25, 0.3) is 0 Å². The van der Waals surface area contributed by atoms with Gasteiger partial charge in [0.25, 0.3) is 5.91 Å². The van der Waals surface area contributed by atoms with Crippen LogP contribution in [0.3, 0.4) is 0 Å². The molecule has 1 aromatic heterocycles. The highest BCUT2D eigenvalue weighted by atomic mass is 35.5. The average molecular weight is 453 g/mol. The molecule has 0 saturated carbocycles. The summed E-state index contributed by atoms with van der Waals surface area (Å²) in [4.78, 5) is 25.0. The number of nitrogens with zero attached hydrogens (tertiary/aromatic N) is 2. The Kier molecular flexibility index (Phi) is 6.28. The van der Waals surface area contributed by atoms with E-state index in [0.29, 0.717) is 28.5 Å². The lowest BCUT2D eigenvalue weighted by atomic mass is 10.0. The summed E-state index contributed by atoms with van der Waals surface area (Å²) in [6.45, 7) is 1.12. The third-order valence-electron chi connectivity index (χ3n) is 5.13. The molecule has 0 radical (unpaired) electrons. The molecule has 1 aliphatic rings. The average Bonchev–Trinajstić information content (AvgIpc) is 3.48. The molecule has 1 unspecified atom stereocenters. The highest BCUT2D eigenvalue weighted by Gasteiger charge is 2.35. The fraction of sp³-hybridized carbons (Fsp3) is 0.208. The van der Waals surface area contributed by atoms with Crippen molar-refractivity contribution in [3.05, 3.63) is 82.8 Å². The minimum Gasteiger partial charge on any atom is -0.497 e. The molecule has 0 aliphatic carbocycles. The first-order valence-corrected chi connectivity index (χ1v) is 10.3. The quantitative estimate of drug-likeness (QED) is 0.476. The lowest BCUT2D eigenvalue weighted by Crippen LogP contribution is -2.31. The highest BCUT2D eigenvalue weighted by Crippen LogP contribution is 2.33. The second kappa shape index (κ2) is 9.28. The molecular weight excluding hydrogens is 432 g/mol. The molecule has 4 rings (SSSR count). The van der Waals surface area contributed by atoms with Crippen LogP contribution in [0, 0.1) is 0 Å². The first-order chi connectivity index (χ1) is 15.5. The van der Waals surface area contributed by atoms with Gasteiger partial charge < -0.3 is 13.9 Å². The van der Waals surface area contributed by atoms with E-state index in [1.807, 2.05) is 30.3 Å². The zero-order chi connectivity index (χ0) is 22.7. The van der Waals surface area contributed by atoms with Crippen molar-refractivity contribution in [1.29, 1.82) is 0 Å². The third kappa shape index (κ3) is 4.53. The van der Waals surface area contributed by atoms with Crippen LogP contribution in [0.5, 0.6) is 11.5 Å². The second-order valence-corrected chi connectivity index (χ2v) is 7.67. The van der Waals surface area contributed by atoms with Crippen molar-refractivity contribution in [3.8, 4) is 11.5 Å². The SMILES string of the molecule is COc1ccc(C2=NN(C(=O)COc3ccc(Cl)cc3C(C)=O)C(c3ccco3)C2)cc1. The molecule has 0 fully saturated rings. The molecule has 0 N–H and O–H groups in total. The molecule has 2 heterocycles. The standard InChI is InChI=1S/C24H21ClN2O5/c1-15(28)19-12-17(25)7-10-22(19)32-14-24(29)27-21(23-4-3-11-31-23)13-20(26-27)16-5-8-18(30-2)9-6-16/h3-12,21H,13-14H2,1-2H3. The number of amides is 1. The minimum absolute atomic E-state index is 0.204. The van der Waals surface area contributed by atoms with Gasteiger partial charge in [-0.3, -0.25) is 9.59 Å². The maximum absolute atomic E-state index is 13.1.